The molecule has 0 spiro atoms. The monoisotopic (exact) mass is 333 g/mol. The van der Waals surface area contributed by atoms with E-state index in [9.17, 15) is 9.59 Å². The molecule has 0 aliphatic carbocycles. The third-order valence-corrected chi connectivity index (χ3v) is 2.77. The van der Waals surface area contributed by atoms with Gasteiger partial charge in [-0.25, -0.2) is 4.79 Å². The minimum atomic E-state index is -0.747. The van der Waals surface area contributed by atoms with E-state index in [1.54, 1.807) is 19.9 Å². The molecule has 1 aromatic carbocycles. The molecule has 0 radical (unpaired) electrons. The van der Waals surface area contributed by atoms with Crippen LogP contribution in [0.25, 0.3) is 0 Å². The molecule has 0 unspecified atom stereocenters. The number of esters is 1. The first-order valence-electron chi connectivity index (χ1n) is 5.14. The lowest BCUT2D eigenvalue weighted by Crippen LogP contribution is -2.31. The van der Waals surface area contributed by atoms with Crippen molar-refractivity contribution in [1.29, 1.82) is 0 Å². The Morgan fingerprint density at radius 2 is 2.00 bits per heavy atom. The highest BCUT2D eigenvalue weighted by atomic mass is 79.9. The number of nitrogens with one attached hydrogen (secondary N) is 1. The Labute approximate surface area is 119 Å². The Hall–Kier alpha value is -1.07. The Balaban J connectivity index is 3.11. The topological polar surface area (TPSA) is 55.4 Å². The third-order valence-electron chi connectivity index (χ3n) is 2.18. The van der Waals surface area contributed by atoms with Gasteiger partial charge in [0, 0.05) is 5.02 Å². The zero-order chi connectivity index (χ0) is 13.9. The minimum Gasteiger partial charge on any atom is -0.465 e. The van der Waals surface area contributed by atoms with Crippen LogP contribution in [0.2, 0.25) is 5.02 Å². The zero-order valence-corrected chi connectivity index (χ0v) is 12.6. The van der Waals surface area contributed by atoms with Crippen LogP contribution in [0, 0.1) is 0 Å². The van der Waals surface area contributed by atoms with Crippen molar-refractivity contribution in [3.63, 3.8) is 0 Å². The Bertz CT molecular complexity index is 483. The van der Waals surface area contributed by atoms with Gasteiger partial charge < -0.3 is 10.1 Å². The quantitative estimate of drug-likeness (QED) is 0.682. The number of anilines is 1. The number of hydrogen-bond donors (Lipinski definition) is 1. The van der Waals surface area contributed by atoms with Gasteiger partial charge in [0.05, 0.1) is 22.7 Å². The van der Waals surface area contributed by atoms with E-state index in [0.29, 0.717) is 10.7 Å². The predicted octanol–water partition coefficient (Wildman–Crippen LogP) is 3.24. The summed E-state index contributed by atoms with van der Waals surface area (Å²) < 4.78 is 3.89. The highest BCUT2D eigenvalue weighted by Gasteiger charge is 2.25. The predicted molar refractivity (Wildman–Crippen MR) is 74.4 cm³/mol. The van der Waals surface area contributed by atoms with Gasteiger partial charge in [-0.1, -0.05) is 27.5 Å². The maximum absolute atomic E-state index is 11.9. The lowest BCUT2D eigenvalue weighted by atomic mass is 10.1. The summed E-state index contributed by atoms with van der Waals surface area (Å²) >= 11 is 9.08. The van der Waals surface area contributed by atoms with Gasteiger partial charge in [0.15, 0.2) is 0 Å². The number of rotatable bonds is 3. The van der Waals surface area contributed by atoms with Gasteiger partial charge in [-0.3, -0.25) is 4.79 Å². The summed E-state index contributed by atoms with van der Waals surface area (Å²) in [4.78, 5) is 23.4. The first-order chi connectivity index (χ1) is 8.25. The molecule has 0 aliphatic heterocycles. The molecule has 6 heteroatoms. The van der Waals surface area contributed by atoms with E-state index in [0.717, 1.165) is 0 Å². The smallest absolute Gasteiger partial charge is 0.339 e. The van der Waals surface area contributed by atoms with E-state index in [-0.39, 0.29) is 11.5 Å². The van der Waals surface area contributed by atoms with Gasteiger partial charge >= 0.3 is 5.97 Å². The number of hydrogen-bond acceptors (Lipinski definition) is 3. The van der Waals surface area contributed by atoms with E-state index in [4.69, 9.17) is 11.6 Å². The Kier molecular flexibility index (Phi) is 4.76. The van der Waals surface area contributed by atoms with Crippen molar-refractivity contribution in [3.05, 3.63) is 28.8 Å². The molecule has 98 valence electrons. The summed E-state index contributed by atoms with van der Waals surface area (Å²) in [7, 11) is 1.27. The summed E-state index contributed by atoms with van der Waals surface area (Å²) in [6.45, 7) is 3.40. The summed E-state index contributed by atoms with van der Waals surface area (Å²) in [5.74, 6) is -0.815. The molecule has 1 amide bonds. The highest BCUT2D eigenvalue weighted by Crippen LogP contribution is 2.25. The van der Waals surface area contributed by atoms with Crippen molar-refractivity contribution in [2.75, 3.05) is 12.4 Å². The fraction of sp³-hybridized carbons (Fsp3) is 0.333. The van der Waals surface area contributed by atoms with Crippen LogP contribution >= 0.6 is 27.5 Å². The van der Waals surface area contributed by atoms with Crippen LogP contribution < -0.4 is 5.32 Å². The lowest BCUT2D eigenvalue weighted by Gasteiger charge is -2.17. The number of methoxy groups -OCH3 is 1. The SMILES string of the molecule is COC(=O)c1ccc(Cl)cc1NC(=O)C(C)(C)Br. The molecule has 0 aromatic heterocycles. The van der Waals surface area contributed by atoms with Gasteiger partial charge in [-0.15, -0.1) is 0 Å². The van der Waals surface area contributed by atoms with Gasteiger partial charge in [0.2, 0.25) is 5.91 Å². The van der Waals surface area contributed by atoms with Crippen LogP contribution in [0.4, 0.5) is 5.69 Å². The van der Waals surface area contributed by atoms with Gasteiger partial charge in [-0.2, -0.15) is 0 Å². The van der Waals surface area contributed by atoms with Crippen molar-refractivity contribution in [2.45, 2.75) is 18.2 Å². The fourth-order valence-electron chi connectivity index (χ4n) is 1.18. The average molecular weight is 335 g/mol. The first-order valence-corrected chi connectivity index (χ1v) is 6.31. The third kappa shape index (κ3) is 3.71. The second kappa shape index (κ2) is 5.71. The fourth-order valence-corrected chi connectivity index (χ4v) is 1.45. The summed E-state index contributed by atoms with van der Waals surface area (Å²) in [6.07, 6.45) is 0. The van der Waals surface area contributed by atoms with Crippen LogP contribution in [0.1, 0.15) is 24.2 Å². The molecular weight excluding hydrogens is 321 g/mol. The minimum absolute atomic E-state index is 0.256. The van der Waals surface area contributed by atoms with E-state index in [1.807, 2.05) is 0 Å². The molecule has 18 heavy (non-hydrogen) atoms. The van der Waals surface area contributed by atoms with Crippen LogP contribution in [-0.2, 0) is 9.53 Å². The molecule has 1 N–H and O–H groups in total. The molecule has 4 nitrogen and oxygen atoms in total. The lowest BCUT2D eigenvalue weighted by molar-refractivity contribution is -0.117. The summed E-state index contributed by atoms with van der Waals surface area (Å²) in [5.41, 5.74) is 0.582. The maximum atomic E-state index is 11.9. The number of alkyl halides is 1. The first kappa shape index (κ1) is 15.0. The van der Waals surface area contributed by atoms with Gasteiger partial charge in [0.1, 0.15) is 0 Å². The largest absolute Gasteiger partial charge is 0.465 e. The maximum Gasteiger partial charge on any atom is 0.339 e. The second-order valence-corrected chi connectivity index (χ2v) is 6.53. The van der Waals surface area contributed by atoms with Gasteiger partial charge in [-0.05, 0) is 32.0 Å². The number of ether oxygens (including phenoxy) is 1. The van der Waals surface area contributed by atoms with Crippen molar-refractivity contribution in [3.8, 4) is 0 Å². The molecule has 0 saturated carbocycles. The molecule has 0 bridgehead atoms. The number of halogens is 2. The normalized spacial score (nSPS) is 10.9. The molecule has 0 fully saturated rings. The van der Waals surface area contributed by atoms with Crippen molar-refractivity contribution in [1.82, 2.24) is 0 Å². The summed E-state index contributed by atoms with van der Waals surface area (Å²) in [5, 5.41) is 3.06. The number of carbonyl (C=O) groups is 2. The standard InChI is InChI=1S/C12H13BrClNO3/c1-12(2,13)11(17)15-9-6-7(14)4-5-8(9)10(16)18-3/h4-6H,1-3H3,(H,15,17). The molecule has 0 atom stereocenters. The summed E-state index contributed by atoms with van der Waals surface area (Å²) in [6, 6.07) is 4.57. The second-order valence-electron chi connectivity index (χ2n) is 4.11. The van der Waals surface area contributed by atoms with Gasteiger partial charge in [0.25, 0.3) is 0 Å². The molecule has 0 aliphatic rings. The van der Waals surface area contributed by atoms with E-state index in [1.165, 1.54) is 19.2 Å². The highest BCUT2D eigenvalue weighted by molar-refractivity contribution is 9.10. The van der Waals surface area contributed by atoms with E-state index < -0.39 is 10.3 Å². The zero-order valence-electron chi connectivity index (χ0n) is 10.2. The van der Waals surface area contributed by atoms with Crippen molar-refractivity contribution < 1.29 is 14.3 Å². The Morgan fingerprint density at radius 1 is 1.39 bits per heavy atom. The number of amides is 1. The number of carbonyl (C=O) groups excluding carboxylic acids is 2. The molecule has 1 rings (SSSR count). The molecule has 1 aromatic rings. The molecular formula is C12H13BrClNO3. The van der Waals surface area contributed by atoms with Crippen LogP contribution in [0.15, 0.2) is 18.2 Å². The molecule has 0 heterocycles. The number of benzene rings is 1. The Morgan fingerprint density at radius 3 is 2.50 bits per heavy atom. The molecule has 0 saturated heterocycles. The van der Waals surface area contributed by atoms with Crippen LogP contribution in [0.3, 0.4) is 0 Å². The van der Waals surface area contributed by atoms with Crippen molar-refractivity contribution in [2.24, 2.45) is 0 Å². The average Bonchev–Trinajstić information content (AvgIpc) is 2.27. The van der Waals surface area contributed by atoms with Crippen LogP contribution in [0.5, 0.6) is 0 Å². The van der Waals surface area contributed by atoms with Crippen molar-refractivity contribution >= 4 is 45.1 Å². The van der Waals surface area contributed by atoms with E-state index in [2.05, 4.69) is 26.0 Å². The van der Waals surface area contributed by atoms with Crippen LogP contribution in [-0.4, -0.2) is 23.3 Å². The van der Waals surface area contributed by atoms with E-state index >= 15 is 0 Å².